The minimum atomic E-state index is 0.597. The van der Waals surface area contributed by atoms with Gasteiger partial charge in [0.05, 0.1) is 28.1 Å². The fourth-order valence-corrected chi connectivity index (χ4v) is 8.39. The van der Waals surface area contributed by atoms with Crippen LogP contribution in [-0.2, 0) is 0 Å². The normalized spacial score (nSPS) is 11.6. The molecule has 4 nitrogen and oxygen atoms in total. The number of fused-ring (bicyclic) bond motifs is 7. The monoisotopic (exact) mass is 703 g/mol. The first-order chi connectivity index (χ1) is 27.3. The number of nitrogens with zero attached hydrogens (tertiary/aromatic N) is 3. The second-order valence-electron chi connectivity index (χ2n) is 13.9. The van der Waals surface area contributed by atoms with Crippen LogP contribution in [0.4, 0.5) is 17.1 Å². The van der Waals surface area contributed by atoms with Crippen molar-refractivity contribution in [2.45, 2.75) is 0 Å². The van der Waals surface area contributed by atoms with Crippen molar-refractivity contribution in [3.63, 3.8) is 0 Å². The Morgan fingerprint density at radius 3 is 1.93 bits per heavy atom. The zero-order valence-electron chi connectivity index (χ0n) is 29.8. The summed E-state index contributed by atoms with van der Waals surface area (Å²) in [4.78, 5) is 7.55. The molecule has 0 atom stereocenters. The van der Waals surface area contributed by atoms with Gasteiger partial charge in [-0.3, -0.25) is 0 Å². The van der Waals surface area contributed by atoms with Crippen LogP contribution >= 0.6 is 0 Å². The van der Waals surface area contributed by atoms with E-state index < -0.39 is 0 Å². The summed E-state index contributed by atoms with van der Waals surface area (Å²) < 4.78 is 9.39. The summed E-state index contributed by atoms with van der Waals surface area (Å²) in [6, 6.07) is 70.9. The number of para-hydroxylation sites is 4. The Kier molecular flexibility index (Phi) is 7.14. The van der Waals surface area contributed by atoms with Gasteiger partial charge in [0.1, 0.15) is 5.52 Å². The standard InChI is InChI=1S/C51H33N3O/c1-3-17-35(18-4-1)39-25-11-13-30-44(39)54(46-32-16-29-43-50(46)55-51(52-43)41-28-15-21-34-19-7-9-24-38(34)41)47-33-36-20-8-10-26-40(36)49-48(47)42-27-12-14-31-45(42)53(49)37-22-5-2-6-23-37/h1-33H. The fourth-order valence-electron chi connectivity index (χ4n) is 8.39. The van der Waals surface area contributed by atoms with E-state index in [1.165, 1.54) is 10.8 Å². The first kappa shape index (κ1) is 31.1. The molecule has 2 heterocycles. The maximum atomic E-state index is 6.97. The predicted octanol–water partition coefficient (Wildman–Crippen LogP) is 14.0. The molecule has 0 saturated carbocycles. The van der Waals surface area contributed by atoms with Crippen LogP contribution in [0.15, 0.2) is 205 Å². The third kappa shape index (κ3) is 4.96. The second-order valence-corrected chi connectivity index (χ2v) is 13.9. The lowest BCUT2D eigenvalue weighted by molar-refractivity contribution is 0.621. The van der Waals surface area contributed by atoms with Crippen molar-refractivity contribution >= 4 is 71.5 Å². The third-order valence-electron chi connectivity index (χ3n) is 10.8. The predicted molar refractivity (Wildman–Crippen MR) is 229 cm³/mol. The molecule has 0 N–H and O–H groups in total. The Morgan fingerprint density at radius 2 is 1.07 bits per heavy atom. The SMILES string of the molecule is c1ccc(-c2ccccc2N(c2cccc3nc(-c4cccc5ccccc45)oc23)c2cc3ccccc3c3c2c2ccccc2n3-c2ccccc2)cc1. The van der Waals surface area contributed by atoms with E-state index in [4.69, 9.17) is 9.40 Å². The van der Waals surface area contributed by atoms with Crippen LogP contribution in [0, 0.1) is 0 Å². The molecule has 55 heavy (non-hydrogen) atoms. The van der Waals surface area contributed by atoms with Gasteiger partial charge in [0.2, 0.25) is 5.89 Å². The molecule has 0 amide bonds. The van der Waals surface area contributed by atoms with Gasteiger partial charge in [0, 0.05) is 33.0 Å². The van der Waals surface area contributed by atoms with E-state index in [1.54, 1.807) is 0 Å². The lowest BCUT2D eigenvalue weighted by atomic mass is 9.99. The van der Waals surface area contributed by atoms with Gasteiger partial charge in [-0.1, -0.05) is 152 Å². The molecule has 0 aliphatic carbocycles. The zero-order valence-corrected chi connectivity index (χ0v) is 29.8. The molecule has 0 bridgehead atoms. The van der Waals surface area contributed by atoms with Crippen LogP contribution < -0.4 is 4.90 Å². The van der Waals surface area contributed by atoms with E-state index in [0.29, 0.717) is 5.89 Å². The minimum Gasteiger partial charge on any atom is -0.434 e. The van der Waals surface area contributed by atoms with Crippen LogP contribution in [0.5, 0.6) is 0 Å². The van der Waals surface area contributed by atoms with E-state index in [1.807, 2.05) is 0 Å². The summed E-state index contributed by atoms with van der Waals surface area (Å²) in [5.74, 6) is 0.597. The summed E-state index contributed by atoms with van der Waals surface area (Å²) >= 11 is 0. The Balaban J connectivity index is 1.28. The Labute approximate surface area is 317 Å². The Morgan fingerprint density at radius 1 is 0.455 bits per heavy atom. The molecule has 11 aromatic rings. The second kappa shape index (κ2) is 12.6. The number of aromatic nitrogens is 2. The molecule has 11 rings (SSSR count). The molecule has 258 valence electrons. The summed E-state index contributed by atoms with van der Waals surface area (Å²) in [6.45, 7) is 0. The first-order valence-electron chi connectivity index (χ1n) is 18.6. The lowest BCUT2D eigenvalue weighted by Gasteiger charge is -2.29. The van der Waals surface area contributed by atoms with Crippen molar-refractivity contribution < 1.29 is 4.42 Å². The molecular weight excluding hydrogens is 671 g/mol. The van der Waals surface area contributed by atoms with Crippen molar-refractivity contribution in [1.82, 2.24) is 9.55 Å². The van der Waals surface area contributed by atoms with Gasteiger partial charge in [-0.05, 0) is 70.3 Å². The van der Waals surface area contributed by atoms with Gasteiger partial charge in [0.25, 0.3) is 0 Å². The fraction of sp³-hybridized carbons (Fsp3) is 0. The van der Waals surface area contributed by atoms with Crippen LogP contribution in [0.2, 0.25) is 0 Å². The Hall–Kier alpha value is -7.43. The highest BCUT2D eigenvalue weighted by Crippen LogP contribution is 2.50. The molecule has 0 fully saturated rings. The van der Waals surface area contributed by atoms with E-state index in [2.05, 4.69) is 210 Å². The zero-order chi connectivity index (χ0) is 36.3. The molecule has 0 spiro atoms. The molecule has 2 aromatic heterocycles. The maximum Gasteiger partial charge on any atom is 0.228 e. The van der Waals surface area contributed by atoms with Crippen LogP contribution in [0.3, 0.4) is 0 Å². The maximum absolute atomic E-state index is 6.97. The minimum absolute atomic E-state index is 0.597. The van der Waals surface area contributed by atoms with E-state index in [-0.39, 0.29) is 0 Å². The van der Waals surface area contributed by atoms with Gasteiger partial charge in [-0.2, -0.15) is 0 Å². The summed E-state index contributed by atoms with van der Waals surface area (Å²) in [6.07, 6.45) is 0. The number of rotatable bonds is 6. The smallest absolute Gasteiger partial charge is 0.228 e. The molecule has 0 aliphatic heterocycles. The van der Waals surface area contributed by atoms with E-state index in [0.717, 1.165) is 83.1 Å². The van der Waals surface area contributed by atoms with Crippen molar-refractivity contribution in [3.8, 4) is 28.3 Å². The summed E-state index contributed by atoms with van der Waals surface area (Å²) in [5, 5.41) is 6.92. The summed E-state index contributed by atoms with van der Waals surface area (Å²) in [5.41, 5.74) is 11.2. The summed E-state index contributed by atoms with van der Waals surface area (Å²) in [7, 11) is 0. The number of benzene rings is 9. The Bertz CT molecular complexity index is 3210. The van der Waals surface area contributed by atoms with Crippen LogP contribution in [-0.4, -0.2) is 9.55 Å². The van der Waals surface area contributed by atoms with Gasteiger partial charge in [-0.25, -0.2) is 4.98 Å². The largest absolute Gasteiger partial charge is 0.434 e. The van der Waals surface area contributed by atoms with Gasteiger partial charge >= 0.3 is 0 Å². The quantitative estimate of drug-likeness (QED) is 0.173. The van der Waals surface area contributed by atoms with Gasteiger partial charge < -0.3 is 13.9 Å². The topological polar surface area (TPSA) is 34.2 Å². The van der Waals surface area contributed by atoms with E-state index >= 15 is 0 Å². The lowest BCUT2D eigenvalue weighted by Crippen LogP contribution is -2.12. The highest BCUT2D eigenvalue weighted by Gasteiger charge is 2.27. The van der Waals surface area contributed by atoms with E-state index in [9.17, 15) is 0 Å². The molecule has 0 unspecified atom stereocenters. The number of oxazole rings is 1. The van der Waals surface area contributed by atoms with Crippen molar-refractivity contribution in [2.24, 2.45) is 0 Å². The number of hydrogen-bond donors (Lipinski definition) is 0. The molecule has 0 aliphatic rings. The highest BCUT2D eigenvalue weighted by molar-refractivity contribution is 6.25. The van der Waals surface area contributed by atoms with Gasteiger partial charge in [0.15, 0.2) is 5.58 Å². The first-order valence-corrected chi connectivity index (χ1v) is 18.6. The third-order valence-corrected chi connectivity index (χ3v) is 10.8. The number of anilines is 3. The van der Waals surface area contributed by atoms with Gasteiger partial charge in [-0.15, -0.1) is 0 Å². The molecule has 0 saturated heterocycles. The molecule has 9 aromatic carbocycles. The van der Waals surface area contributed by atoms with Crippen LogP contribution in [0.25, 0.3) is 82.7 Å². The average molecular weight is 704 g/mol. The number of hydrogen-bond acceptors (Lipinski definition) is 3. The van der Waals surface area contributed by atoms with Crippen molar-refractivity contribution in [2.75, 3.05) is 4.90 Å². The molecule has 0 radical (unpaired) electrons. The average Bonchev–Trinajstić information content (AvgIpc) is 3.85. The molecular formula is C51H33N3O. The van der Waals surface area contributed by atoms with Crippen molar-refractivity contribution in [3.05, 3.63) is 200 Å². The van der Waals surface area contributed by atoms with Crippen LogP contribution in [0.1, 0.15) is 0 Å². The molecule has 4 heteroatoms. The highest BCUT2D eigenvalue weighted by atomic mass is 16.3. The van der Waals surface area contributed by atoms with Crippen molar-refractivity contribution in [1.29, 1.82) is 0 Å².